The van der Waals surface area contributed by atoms with Crippen LogP contribution < -0.4 is 15.0 Å². The summed E-state index contributed by atoms with van der Waals surface area (Å²) in [6.07, 6.45) is 0. The highest BCUT2D eigenvalue weighted by atomic mass is 19.1. The van der Waals surface area contributed by atoms with Crippen LogP contribution in [0.25, 0.3) is 5.57 Å². The van der Waals surface area contributed by atoms with E-state index in [1.54, 1.807) is 30.3 Å². The number of nitrogens with zero attached hydrogens (tertiary/aromatic N) is 1. The van der Waals surface area contributed by atoms with E-state index in [0.717, 1.165) is 10.5 Å². The van der Waals surface area contributed by atoms with Crippen molar-refractivity contribution in [2.45, 2.75) is 33.1 Å². The number of imide groups is 1. The molecule has 0 aliphatic carbocycles. The van der Waals surface area contributed by atoms with Gasteiger partial charge in [-0.05, 0) is 59.9 Å². The van der Waals surface area contributed by atoms with Crippen molar-refractivity contribution in [1.82, 2.24) is 0 Å². The van der Waals surface area contributed by atoms with Gasteiger partial charge in [0.2, 0.25) is 0 Å². The second kappa shape index (κ2) is 9.14. The Hall–Kier alpha value is -3.93. The average Bonchev–Trinajstić information content (AvgIpc) is 3.04. The van der Waals surface area contributed by atoms with Gasteiger partial charge >= 0.3 is 0 Å². The van der Waals surface area contributed by atoms with Gasteiger partial charge in [-0.15, -0.1) is 0 Å². The highest BCUT2D eigenvalue weighted by Gasteiger charge is 2.41. The van der Waals surface area contributed by atoms with Crippen molar-refractivity contribution >= 4 is 28.8 Å². The highest BCUT2D eigenvalue weighted by Crippen LogP contribution is 2.35. The van der Waals surface area contributed by atoms with Gasteiger partial charge in [0, 0.05) is 5.69 Å². The van der Waals surface area contributed by atoms with Gasteiger partial charge in [0.05, 0.1) is 17.9 Å². The molecule has 0 radical (unpaired) electrons. The molecule has 0 aromatic heterocycles. The molecule has 174 valence electrons. The molecule has 0 fully saturated rings. The van der Waals surface area contributed by atoms with Crippen molar-refractivity contribution in [3.05, 3.63) is 95.4 Å². The number of hydrogen-bond acceptors (Lipinski definition) is 4. The van der Waals surface area contributed by atoms with Crippen LogP contribution in [-0.4, -0.2) is 18.4 Å². The molecule has 1 aliphatic heterocycles. The molecule has 34 heavy (non-hydrogen) atoms. The predicted octanol–water partition coefficient (Wildman–Crippen LogP) is 5.92. The number of hydrogen-bond donors (Lipinski definition) is 1. The van der Waals surface area contributed by atoms with Crippen LogP contribution in [0.1, 0.15) is 38.8 Å². The molecule has 1 heterocycles. The first-order valence-corrected chi connectivity index (χ1v) is 11.2. The molecule has 2 amide bonds. The molecule has 1 N–H and O–H groups in total. The van der Waals surface area contributed by atoms with E-state index < -0.39 is 17.6 Å². The number of ether oxygens (including phenoxy) is 1. The third-order valence-electron chi connectivity index (χ3n) is 5.65. The van der Waals surface area contributed by atoms with Crippen LogP contribution in [0.3, 0.4) is 0 Å². The Kier molecular flexibility index (Phi) is 6.24. The summed E-state index contributed by atoms with van der Waals surface area (Å²) in [6.45, 7) is 8.75. The third kappa shape index (κ3) is 4.44. The number of amides is 2. The van der Waals surface area contributed by atoms with Crippen LogP contribution >= 0.6 is 0 Å². The van der Waals surface area contributed by atoms with Gasteiger partial charge in [-0.25, -0.2) is 9.29 Å². The first kappa shape index (κ1) is 23.2. The zero-order chi connectivity index (χ0) is 24.5. The number of halogens is 1. The molecule has 3 aromatic carbocycles. The van der Waals surface area contributed by atoms with Gasteiger partial charge in [0.15, 0.2) is 0 Å². The number of benzene rings is 3. The molecule has 5 nitrogen and oxygen atoms in total. The van der Waals surface area contributed by atoms with E-state index in [4.69, 9.17) is 4.74 Å². The monoisotopic (exact) mass is 458 g/mol. The summed E-state index contributed by atoms with van der Waals surface area (Å²) in [5.74, 6) is -1.19. The fourth-order valence-corrected chi connectivity index (χ4v) is 3.85. The number of anilines is 2. The third-order valence-corrected chi connectivity index (χ3v) is 5.65. The Morgan fingerprint density at radius 2 is 1.53 bits per heavy atom. The molecule has 0 spiro atoms. The van der Waals surface area contributed by atoms with Crippen molar-refractivity contribution in [3.8, 4) is 5.75 Å². The topological polar surface area (TPSA) is 58.6 Å². The maximum atomic E-state index is 14.6. The molecule has 3 aromatic rings. The second-order valence-electron chi connectivity index (χ2n) is 9.06. The Balaban J connectivity index is 1.77. The summed E-state index contributed by atoms with van der Waals surface area (Å²) in [5, 5.41) is 3.12. The van der Waals surface area contributed by atoms with Gasteiger partial charge in [-0.2, -0.15) is 0 Å². The number of carbonyl (C=O) groups excluding carboxylic acids is 2. The molecule has 6 heteroatoms. The molecular formula is C28H27FN2O3. The summed E-state index contributed by atoms with van der Waals surface area (Å²) in [6, 6.07) is 20.4. The lowest BCUT2D eigenvalue weighted by atomic mass is 9.87. The summed E-state index contributed by atoms with van der Waals surface area (Å²) in [5.41, 5.74) is 2.50. The zero-order valence-corrected chi connectivity index (χ0v) is 19.7. The molecular weight excluding hydrogens is 431 g/mol. The fraction of sp³-hybridized carbons (Fsp3) is 0.214. The van der Waals surface area contributed by atoms with Crippen molar-refractivity contribution in [3.63, 3.8) is 0 Å². The van der Waals surface area contributed by atoms with Crippen LogP contribution in [-0.2, 0) is 15.0 Å². The van der Waals surface area contributed by atoms with Gasteiger partial charge in [0.1, 0.15) is 17.3 Å². The lowest BCUT2D eigenvalue weighted by Gasteiger charge is -2.19. The average molecular weight is 459 g/mol. The lowest BCUT2D eigenvalue weighted by molar-refractivity contribution is -0.120. The Morgan fingerprint density at radius 1 is 0.882 bits per heavy atom. The van der Waals surface area contributed by atoms with E-state index in [1.807, 2.05) is 31.2 Å². The van der Waals surface area contributed by atoms with Crippen LogP contribution in [0.2, 0.25) is 0 Å². The van der Waals surface area contributed by atoms with Crippen LogP contribution in [0.4, 0.5) is 15.8 Å². The smallest absolute Gasteiger partial charge is 0.282 e. The zero-order valence-electron chi connectivity index (χ0n) is 19.7. The normalized spacial score (nSPS) is 14.1. The lowest BCUT2D eigenvalue weighted by Crippen LogP contribution is -2.33. The van der Waals surface area contributed by atoms with E-state index in [-0.39, 0.29) is 22.4 Å². The molecule has 0 bridgehead atoms. The van der Waals surface area contributed by atoms with Crippen molar-refractivity contribution < 1.29 is 18.7 Å². The van der Waals surface area contributed by atoms with Crippen molar-refractivity contribution in [2.75, 3.05) is 16.8 Å². The van der Waals surface area contributed by atoms with Crippen LogP contribution in [0.15, 0.2) is 78.5 Å². The number of nitrogens with one attached hydrogen (secondary N) is 1. The molecule has 0 saturated carbocycles. The van der Waals surface area contributed by atoms with E-state index in [2.05, 4.69) is 26.1 Å². The SMILES string of the molecule is CCOc1ccc(C2=C(Nc3ccc(C(C)(C)C)cc3)C(=O)N(c3ccccc3F)C2=O)cc1. The van der Waals surface area contributed by atoms with Gasteiger partial charge < -0.3 is 10.1 Å². The Labute approximate surface area is 198 Å². The minimum absolute atomic E-state index is 0.0218. The van der Waals surface area contributed by atoms with E-state index in [0.29, 0.717) is 23.6 Å². The summed E-state index contributed by atoms with van der Waals surface area (Å²) < 4.78 is 20.1. The molecule has 0 saturated heterocycles. The Morgan fingerprint density at radius 3 is 2.12 bits per heavy atom. The summed E-state index contributed by atoms with van der Waals surface area (Å²) >= 11 is 0. The number of rotatable bonds is 6. The minimum atomic E-state index is -0.647. The number of para-hydroxylation sites is 1. The highest BCUT2D eigenvalue weighted by molar-refractivity contribution is 6.46. The second-order valence-corrected chi connectivity index (χ2v) is 9.06. The maximum absolute atomic E-state index is 14.6. The van der Waals surface area contributed by atoms with Crippen molar-refractivity contribution in [1.29, 1.82) is 0 Å². The first-order valence-electron chi connectivity index (χ1n) is 11.2. The van der Waals surface area contributed by atoms with Gasteiger partial charge in [0.25, 0.3) is 11.8 Å². The predicted molar refractivity (Wildman–Crippen MR) is 132 cm³/mol. The van der Waals surface area contributed by atoms with Gasteiger partial charge in [-0.3, -0.25) is 9.59 Å². The molecule has 0 unspecified atom stereocenters. The molecule has 0 atom stereocenters. The van der Waals surface area contributed by atoms with Gasteiger partial charge in [-0.1, -0.05) is 57.2 Å². The number of carbonyl (C=O) groups is 2. The molecule has 4 rings (SSSR count). The molecule has 1 aliphatic rings. The van der Waals surface area contributed by atoms with E-state index in [9.17, 15) is 14.0 Å². The minimum Gasteiger partial charge on any atom is -0.494 e. The largest absolute Gasteiger partial charge is 0.494 e. The quantitative estimate of drug-likeness (QED) is 0.466. The van der Waals surface area contributed by atoms with Crippen LogP contribution in [0, 0.1) is 5.82 Å². The van der Waals surface area contributed by atoms with E-state index in [1.165, 1.54) is 18.2 Å². The Bertz CT molecular complexity index is 1260. The maximum Gasteiger partial charge on any atom is 0.282 e. The van der Waals surface area contributed by atoms with E-state index >= 15 is 0 Å². The fourth-order valence-electron chi connectivity index (χ4n) is 3.85. The standard InChI is InChI=1S/C28H27FN2O3/c1-5-34-21-16-10-18(11-17-21)24-25(30-20-14-12-19(13-15-20)28(2,3)4)27(33)31(26(24)32)23-9-7-6-8-22(23)29/h6-17,30H,5H2,1-4H3. The summed E-state index contributed by atoms with van der Waals surface area (Å²) in [4.78, 5) is 27.8. The first-order chi connectivity index (χ1) is 16.2. The summed E-state index contributed by atoms with van der Waals surface area (Å²) in [7, 11) is 0. The van der Waals surface area contributed by atoms with Crippen LogP contribution in [0.5, 0.6) is 5.75 Å². The van der Waals surface area contributed by atoms with Crippen molar-refractivity contribution in [2.24, 2.45) is 0 Å².